The van der Waals surface area contributed by atoms with Crippen LogP contribution in [-0.4, -0.2) is 66.4 Å². The van der Waals surface area contributed by atoms with Crippen LogP contribution in [0.1, 0.15) is 5.56 Å². The molecule has 0 amide bonds. The number of ether oxygens (including phenoxy) is 1. The molecule has 0 saturated carbocycles. The van der Waals surface area contributed by atoms with Crippen LogP contribution in [0.5, 0.6) is 5.75 Å². The van der Waals surface area contributed by atoms with Gasteiger partial charge >= 0.3 is 18.1 Å². The molecule has 1 aromatic rings. The van der Waals surface area contributed by atoms with Crippen LogP contribution >= 0.6 is 0 Å². The van der Waals surface area contributed by atoms with Gasteiger partial charge in [0.15, 0.2) is 0 Å². The Kier molecular flexibility index (Phi) is 8.16. The van der Waals surface area contributed by atoms with Gasteiger partial charge in [-0.1, -0.05) is 6.07 Å². The van der Waals surface area contributed by atoms with Crippen molar-refractivity contribution in [2.45, 2.75) is 6.18 Å². The van der Waals surface area contributed by atoms with E-state index in [0.29, 0.717) is 6.61 Å². The first-order chi connectivity index (χ1) is 11.7. The lowest BCUT2D eigenvalue weighted by Crippen LogP contribution is -2.44. The molecule has 0 spiro atoms. The molecule has 1 aliphatic rings. The summed E-state index contributed by atoms with van der Waals surface area (Å²) in [5, 5.41) is 18.0. The van der Waals surface area contributed by atoms with Gasteiger partial charge in [0, 0.05) is 32.7 Å². The molecule has 1 aliphatic heterocycles. The molecule has 0 radical (unpaired) electrons. The Balaban J connectivity index is 0.000000450. The first kappa shape index (κ1) is 20.7. The fourth-order valence-electron chi connectivity index (χ4n) is 1.99. The van der Waals surface area contributed by atoms with E-state index in [2.05, 4.69) is 10.2 Å². The lowest BCUT2D eigenvalue weighted by atomic mass is 10.2. The number of halogens is 3. The monoisotopic (exact) mass is 364 g/mol. The molecule has 25 heavy (non-hydrogen) atoms. The Morgan fingerprint density at radius 3 is 2.28 bits per heavy atom. The first-order valence-corrected chi connectivity index (χ1v) is 7.39. The van der Waals surface area contributed by atoms with Crippen LogP contribution in [0.25, 0.3) is 0 Å². The third kappa shape index (κ3) is 8.36. The van der Waals surface area contributed by atoms with Gasteiger partial charge in [-0.15, -0.1) is 0 Å². The van der Waals surface area contributed by atoms with Crippen molar-refractivity contribution in [3.63, 3.8) is 0 Å². The summed E-state index contributed by atoms with van der Waals surface area (Å²) in [7, 11) is 0. The van der Waals surface area contributed by atoms with Gasteiger partial charge in [0.25, 0.3) is 0 Å². The molecule has 1 heterocycles. The number of piperazine rings is 1. The standard InChI is InChI=1S/C13H17F3N2O.C2H2O4/c14-13(15,16)11-2-1-3-12(10-11)19-9-8-18-6-4-17-5-7-18;3-1(4)2(5)6/h1-3,10,17H,4-9H2;(H,3,4)(H,5,6). The Morgan fingerprint density at radius 2 is 1.76 bits per heavy atom. The quantitative estimate of drug-likeness (QED) is 0.689. The summed E-state index contributed by atoms with van der Waals surface area (Å²) in [5.74, 6) is -3.38. The van der Waals surface area contributed by atoms with E-state index in [-0.39, 0.29) is 5.75 Å². The van der Waals surface area contributed by atoms with Gasteiger partial charge < -0.3 is 20.3 Å². The SMILES string of the molecule is FC(F)(F)c1cccc(OCCN2CCNCC2)c1.O=C(O)C(=O)O. The fraction of sp³-hybridized carbons (Fsp3) is 0.467. The molecule has 140 valence electrons. The van der Waals surface area contributed by atoms with Gasteiger partial charge in [-0.05, 0) is 18.2 Å². The average Bonchev–Trinajstić information content (AvgIpc) is 2.56. The van der Waals surface area contributed by atoms with Gasteiger partial charge in [-0.3, -0.25) is 4.90 Å². The molecule has 1 saturated heterocycles. The van der Waals surface area contributed by atoms with E-state index in [4.69, 9.17) is 24.5 Å². The van der Waals surface area contributed by atoms with Gasteiger partial charge in [-0.25, -0.2) is 9.59 Å². The molecular formula is C15H19F3N2O5. The molecule has 7 nitrogen and oxygen atoms in total. The minimum absolute atomic E-state index is 0.268. The maximum Gasteiger partial charge on any atom is 0.416 e. The van der Waals surface area contributed by atoms with Gasteiger partial charge in [0.2, 0.25) is 0 Å². The maximum absolute atomic E-state index is 12.5. The predicted molar refractivity (Wildman–Crippen MR) is 81.5 cm³/mol. The summed E-state index contributed by atoms with van der Waals surface area (Å²) in [4.78, 5) is 20.4. The van der Waals surface area contributed by atoms with E-state index < -0.39 is 23.7 Å². The molecule has 0 aliphatic carbocycles. The fourth-order valence-corrected chi connectivity index (χ4v) is 1.99. The molecule has 2 rings (SSSR count). The van der Waals surface area contributed by atoms with Crippen molar-refractivity contribution in [1.82, 2.24) is 10.2 Å². The number of hydrogen-bond acceptors (Lipinski definition) is 5. The highest BCUT2D eigenvalue weighted by atomic mass is 19.4. The largest absolute Gasteiger partial charge is 0.492 e. The van der Waals surface area contributed by atoms with Crippen LogP contribution in [0.3, 0.4) is 0 Å². The van der Waals surface area contributed by atoms with Crippen molar-refractivity contribution in [2.24, 2.45) is 0 Å². The molecule has 1 aromatic carbocycles. The van der Waals surface area contributed by atoms with Crippen LogP contribution < -0.4 is 10.1 Å². The third-order valence-corrected chi connectivity index (χ3v) is 3.23. The van der Waals surface area contributed by atoms with Crippen LogP contribution in [0.15, 0.2) is 24.3 Å². The average molecular weight is 364 g/mol. The first-order valence-electron chi connectivity index (χ1n) is 7.39. The Hall–Kier alpha value is -2.33. The van der Waals surface area contributed by atoms with Gasteiger partial charge in [0.1, 0.15) is 12.4 Å². The Labute approximate surface area is 142 Å². The molecule has 1 fully saturated rings. The lowest BCUT2D eigenvalue weighted by Gasteiger charge is -2.26. The number of hydrogen-bond donors (Lipinski definition) is 3. The minimum Gasteiger partial charge on any atom is -0.492 e. The summed E-state index contributed by atoms with van der Waals surface area (Å²) < 4.78 is 42.9. The van der Waals surface area contributed by atoms with Crippen molar-refractivity contribution < 1.29 is 37.7 Å². The Morgan fingerprint density at radius 1 is 1.16 bits per heavy atom. The lowest BCUT2D eigenvalue weighted by molar-refractivity contribution is -0.159. The summed E-state index contributed by atoms with van der Waals surface area (Å²) in [5.41, 5.74) is -0.674. The molecule has 3 N–H and O–H groups in total. The zero-order valence-electron chi connectivity index (χ0n) is 13.3. The van der Waals surface area contributed by atoms with Crippen molar-refractivity contribution in [2.75, 3.05) is 39.3 Å². The van der Waals surface area contributed by atoms with E-state index in [0.717, 1.165) is 44.9 Å². The van der Waals surface area contributed by atoms with Crippen molar-refractivity contribution in [3.05, 3.63) is 29.8 Å². The second-order valence-electron chi connectivity index (χ2n) is 5.08. The van der Waals surface area contributed by atoms with E-state index in [1.807, 2.05) is 0 Å². The molecule has 0 bridgehead atoms. The number of carboxylic acids is 2. The van der Waals surface area contributed by atoms with Gasteiger partial charge in [-0.2, -0.15) is 13.2 Å². The van der Waals surface area contributed by atoms with Crippen LogP contribution in [0.2, 0.25) is 0 Å². The second-order valence-corrected chi connectivity index (χ2v) is 5.08. The van der Waals surface area contributed by atoms with Crippen molar-refractivity contribution in [1.29, 1.82) is 0 Å². The highest BCUT2D eigenvalue weighted by molar-refractivity contribution is 6.27. The van der Waals surface area contributed by atoms with Crippen LogP contribution in [0, 0.1) is 0 Å². The third-order valence-electron chi connectivity index (χ3n) is 3.23. The predicted octanol–water partition coefficient (Wildman–Crippen LogP) is 1.15. The summed E-state index contributed by atoms with van der Waals surface area (Å²) in [6.07, 6.45) is -4.32. The highest BCUT2D eigenvalue weighted by Gasteiger charge is 2.30. The second kappa shape index (κ2) is 9.84. The zero-order chi connectivity index (χ0) is 18.9. The zero-order valence-corrected chi connectivity index (χ0v) is 13.3. The molecule has 0 aromatic heterocycles. The van der Waals surface area contributed by atoms with Crippen molar-refractivity contribution >= 4 is 11.9 Å². The Bertz CT molecular complexity index is 563. The molecular weight excluding hydrogens is 345 g/mol. The topological polar surface area (TPSA) is 99.1 Å². The van der Waals surface area contributed by atoms with Crippen LogP contribution in [0.4, 0.5) is 13.2 Å². The number of carboxylic acid groups (broad SMARTS) is 2. The number of benzene rings is 1. The number of aliphatic carboxylic acids is 2. The number of nitrogens with zero attached hydrogens (tertiary/aromatic N) is 1. The smallest absolute Gasteiger partial charge is 0.416 e. The van der Waals surface area contributed by atoms with Gasteiger partial charge in [0.05, 0.1) is 5.56 Å². The minimum atomic E-state index is -4.32. The van der Waals surface area contributed by atoms with E-state index in [1.54, 1.807) is 6.07 Å². The molecule has 0 atom stereocenters. The number of alkyl halides is 3. The van der Waals surface area contributed by atoms with E-state index in [1.165, 1.54) is 6.07 Å². The summed E-state index contributed by atoms with van der Waals surface area (Å²) in [6, 6.07) is 5.00. The van der Waals surface area contributed by atoms with E-state index >= 15 is 0 Å². The molecule has 0 unspecified atom stereocenters. The number of nitrogens with one attached hydrogen (secondary N) is 1. The number of rotatable bonds is 4. The van der Waals surface area contributed by atoms with Crippen LogP contribution in [-0.2, 0) is 15.8 Å². The molecule has 10 heteroatoms. The van der Waals surface area contributed by atoms with E-state index in [9.17, 15) is 13.2 Å². The summed E-state index contributed by atoms with van der Waals surface area (Å²) in [6.45, 7) is 4.93. The highest BCUT2D eigenvalue weighted by Crippen LogP contribution is 2.31. The maximum atomic E-state index is 12.5. The normalized spacial score (nSPS) is 15.0. The van der Waals surface area contributed by atoms with Crippen molar-refractivity contribution in [3.8, 4) is 5.75 Å². The summed E-state index contributed by atoms with van der Waals surface area (Å²) >= 11 is 0. The number of carbonyl (C=O) groups is 2.